The second kappa shape index (κ2) is 6.16. The Labute approximate surface area is 113 Å². The fraction of sp³-hybridized carbons (Fsp3) is 0.692. The number of nitrogens with zero attached hydrogens (tertiary/aromatic N) is 3. The van der Waals surface area contributed by atoms with Gasteiger partial charge in [0.15, 0.2) is 5.82 Å². The summed E-state index contributed by atoms with van der Waals surface area (Å²) in [5.74, 6) is 1.51. The first-order chi connectivity index (χ1) is 9.43. The third-order valence-electron chi connectivity index (χ3n) is 3.52. The van der Waals surface area contributed by atoms with Crippen LogP contribution in [0.3, 0.4) is 0 Å². The van der Waals surface area contributed by atoms with Crippen molar-refractivity contribution in [3.63, 3.8) is 0 Å². The molecule has 104 valence electrons. The number of morpholine rings is 1. The average Bonchev–Trinajstić information content (AvgIpc) is 2.50. The lowest BCUT2D eigenvalue weighted by atomic mass is 10.1. The van der Waals surface area contributed by atoms with Gasteiger partial charge in [-0.1, -0.05) is 0 Å². The van der Waals surface area contributed by atoms with Crippen LogP contribution in [0.5, 0.6) is 5.88 Å². The molecular formula is C13H20N4O2. The van der Waals surface area contributed by atoms with E-state index >= 15 is 0 Å². The summed E-state index contributed by atoms with van der Waals surface area (Å²) in [7, 11) is 0. The number of hydrogen-bond acceptors (Lipinski definition) is 6. The predicted molar refractivity (Wildman–Crippen MR) is 71.6 cm³/mol. The Hall–Kier alpha value is -1.40. The fourth-order valence-electron chi connectivity index (χ4n) is 2.46. The minimum absolute atomic E-state index is 0.248. The van der Waals surface area contributed by atoms with Crippen LogP contribution in [0.25, 0.3) is 0 Å². The van der Waals surface area contributed by atoms with Gasteiger partial charge in [0.1, 0.15) is 6.10 Å². The van der Waals surface area contributed by atoms with Crippen molar-refractivity contribution in [1.29, 1.82) is 0 Å². The molecule has 1 N–H and O–H groups in total. The molecule has 6 nitrogen and oxygen atoms in total. The summed E-state index contributed by atoms with van der Waals surface area (Å²) in [5.41, 5.74) is 0. The molecule has 0 bridgehead atoms. The number of nitrogens with one attached hydrogen (secondary N) is 1. The van der Waals surface area contributed by atoms with Gasteiger partial charge in [0, 0.05) is 25.5 Å². The van der Waals surface area contributed by atoms with E-state index in [2.05, 4.69) is 20.2 Å². The highest BCUT2D eigenvalue weighted by molar-refractivity contribution is 5.48. The largest absolute Gasteiger partial charge is 0.472 e. The molecule has 1 aromatic heterocycles. The van der Waals surface area contributed by atoms with Crippen LogP contribution in [0.2, 0.25) is 0 Å². The maximum absolute atomic E-state index is 6.04. The van der Waals surface area contributed by atoms with Gasteiger partial charge in [-0.15, -0.1) is 0 Å². The first-order valence-corrected chi connectivity index (χ1v) is 6.94. The van der Waals surface area contributed by atoms with Crippen molar-refractivity contribution in [1.82, 2.24) is 15.3 Å². The van der Waals surface area contributed by atoms with Crippen LogP contribution >= 0.6 is 0 Å². The lowest BCUT2D eigenvalue weighted by molar-refractivity contribution is 0.120. The van der Waals surface area contributed by atoms with E-state index in [4.69, 9.17) is 9.47 Å². The minimum Gasteiger partial charge on any atom is -0.472 e. The molecule has 6 heteroatoms. The van der Waals surface area contributed by atoms with E-state index in [9.17, 15) is 0 Å². The Morgan fingerprint density at radius 1 is 1.16 bits per heavy atom. The molecule has 0 aromatic carbocycles. The standard InChI is InChI=1S/C13H20N4O2/c1-3-14-4-2-11(1)19-13-12(15-5-6-16-13)17-7-9-18-10-8-17/h5-6,11,14H,1-4,7-10H2. The SMILES string of the molecule is c1cnc(N2CCOCC2)c(OC2CCNCC2)n1. The van der Waals surface area contributed by atoms with Crippen molar-refractivity contribution in [3.8, 4) is 5.88 Å². The summed E-state index contributed by atoms with van der Waals surface area (Å²) in [6.07, 6.45) is 5.72. The van der Waals surface area contributed by atoms with Gasteiger partial charge in [0.05, 0.1) is 13.2 Å². The number of ether oxygens (including phenoxy) is 2. The van der Waals surface area contributed by atoms with E-state index in [0.29, 0.717) is 5.88 Å². The number of hydrogen-bond donors (Lipinski definition) is 1. The summed E-state index contributed by atoms with van der Waals surface area (Å²) < 4.78 is 11.4. The van der Waals surface area contributed by atoms with Crippen molar-refractivity contribution in [2.24, 2.45) is 0 Å². The molecule has 0 aliphatic carbocycles. The quantitative estimate of drug-likeness (QED) is 0.855. The lowest BCUT2D eigenvalue weighted by Gasteiger charge is -2.30. The number of piperidine rings is 1. The molecule has 0 radical (unpaired) electrons. The maximum atomic E-state index is 6.04. The van der Waals surface area contributed by atoms with Gasteiger partial charge >= 0.3 is 0 Å². The number of rotatable bonds is 3. The first kappa shape index (κ1) is 12.6. The van der Waals surface area contributed by atoms with Crippen LogP contribution in [0.4, 0.5) is 5.82 Å². The summed E-state index contributed by atoms with van der Waals surface area (Å²) in [6, 6.07) is 0. The highest BCUT2D eigenvalue weighted by atomic mass is 16.5. The predicted octanol–water partition coefficient (Wildman–Crippen LogP) is 0.444. The molecule has 2 aliphatic heterocycles. The van der Waals surface area contributed by atoms with E-state index in [1.807, 2.05) is 0 Å². The van der Waals surface area contributed by atoms with E-state index in [1.54, 1.807) is 12.4 Å². The molecule has 0 spiro atoms. The molecule has 19 heavy (non-hydrogen) atoms. The Kier molecular flexibility index (Phi) is 4.10. The van der Waals surface area contributed by atoms with Crippen molar-refractivity contribution in [3.05, 3.63) is 12.4 Å². The Bertz CT molecular complexity index is 403. The van der Waals surface area contributed by atoms with Gasteiger partial charge in [0.2, 0.25) is 0 Å². The zero-order chi connectivity index (χ0) is 12.9. The normalized spacial score (nSPS) is 21.4. The van der Waals surface area contributed by atoms with Gasteiger partial charge in [-0.2, -0.15) is 0 Å². The van der Waals surface area contributed by atoms with Crippen LogP contribution in [0.15, 0.2) is 12.4 Å². The minimum atomic E-state index is 0.248. The second-order valence-electron chi connectivity index (χ2n) is 4.85. The van der Waals surface area contributed by atoms with Crippen molar-refractivity contribution in [2.45, 2.75) is 18.9 Å². The third kappa shape index (κ3) is 3.13. The monoisotopic (exact) mass is 264 g/mol. The molecule has 3 heterocycles. The van der Waals surface area contributed by atoms with Crippen LogP contribution < -0.4 is 15.0 Å². The van der Waals surface area contributed by atoms with Crippen molar-refractivity contribution < 1.29 is 9.47 Å². The third-order valence-corrected chi connectivity index (χ3v) is 3.52. The lowest BCUT2D eigenvalue weighted by Crippen LogP contribution is -2.38. The fourth-order valence-corrected chi connectivity index (χ4v) is 2.46. The van der Waals surface area contributed by atoms with Gasteiger partial charge in [-0.25, -0.2) is 9.97 Å². The maximum Gasteiger partial charge on any atom is 0.257 e. The van der Waals surface area contributed by atoms with Gasteiger partial charge in [0.25, 0.3) is 5.88 Å². The summed E-state index contributed by atoms with van der Waals surface area (Å²) >= 11 is 0. The topological polar surface area (TPSA) is 59.5 Å². The molecule has 0 atom stereocenters. The van der Waals surface area contributed by atoms with Crippen LogP contribution in [-0.4, -0.2) is 55.5 Å². The molecule has 3 rings (SSSR count). The molecule has 2 saturated heterocycles. The van der Waals surface area contributed by atoms with Crippen molar-refractivity contribution in [2.75, 3.05) is 44.3 Å². The number of anilines is 1. The zero-order valence-electron chi connectivity index (χ0n) is 11.0. The molecule has 1 aromatic rings. The molecule has 0 unspecified atom stereocenters. The van der Waals surface area contributed by atoms with Gasteiger partial charge in [-0.05, 0) is 25.9 Å². The van der Waals surface area contributed by atoms with Crippen LogP contribution in [0.1, 0.15) is 12.8 Å². The number of aromatic nitrogens is 2. The van der Waals surface area contributed by atoms with E-state index in [1.165, 1.54) is 0 Å². The summed E-state index contributed by atoms with van der Waals surface area (Å²) in [4.78, 5) is 11.0. The van der Waals surface area contributed by atoms with Gasteiger partial charge in [-0.3, -0.25) is 0 Å². The first-order valence-electron chi connectivity index (χ1n) is 6.94. The molecule has 2 fully saturated rings. The Morgan fingerprint density at radius 2 is 1.89 bits per heavy atom. The molecular weight excluding hydrogens is 244 g/mol. The Morgan fingerprint density at radius 3 is 2.68 bits per heavy atom. The highest BCUT2D eigenvalue weighted by Gasteiger charge is 2.21. The smallest absolute Gasteiger partial charge is 0.257 e. The van der Waals surface area contributed by atoms with Crippen LogP contribution in [0, 0.1) is 0 Å². The van der Waals surface area contributed by atoms with E-state index in [-0.39, 0.29) is 6.10 Å². The highest BCUT2D eigenvalue weighted by Crippen LogP contribution is 2.25. The van der Waals surface area contributed by atoms with E-state index in [0.717, 1.165) is 58.1 Å². The molecule has 2 aliphatic rings. The van der Waals surface area contributed by atoms with Gasteiger partial charge < -0.3 is 19.7 Å². The second-order valence-corrected chi connectivity index (χ2v) is 4.85. The van der Waals surface area contributed by atoms with E-state index < -0.39 is 0 Å². The molecule has 0 saturated carbocycles. The molecule has 0 amide bonds. The van der Waals surface area contributed by atoms with Crippen molar-refractivity contribution >= 4 is 5.82 Å². The van der Waals surface area contributed by atoms with Crippen LogP contribution in [-0.2, 0) is 4.74 Å². The summed E-state index contributed by atoms with van der Waals surface area (Å²) in [6.45, 7) is 5.20. The Balaban J connectivity index is 1.72. The zero-order valence-corrected chi connectivity index (χ0v) is 11.0. The average molecular weight is 264 g/mol. The summed E-state index contributed by atoms with van der Waals surface area (Å²) in [5, 5.41) is 3.34.